The summed E-state index contributed by atoms with van der Waals surface area (Å²) in [6.07, 6.45) is 0. The SMILES string of the molecule is Cc1cc(-c2ccccc2)nc(SC(C)C(=O)N2CCN(c3ccccc3)CC2)n1. The van der Waals surface area contributed by atoms with Crippen LogP contribution in [0.5, 0.6) is 0 Å². The molecule has 30 heavy (non-hydrogen) atoms. The third-order valence-corrected chi connectivity index (χ3v) is 6.19. The first kappa shape index (κ1) is 20.4. The number of carbonyl (C=O) groups excluding carboxylic acids is 1. The number of aromatic nitrogens is 2. The molecule has 1 fully saturated rings. The van der Waals surface area contributed by atoms with Gasteiger partial charge in [-0.3, -0.25) is 4.79 Å². The van der Waals surface area contributed by atoms with Crippen molar-refractivity contribution < 1.29 is 4.79 Å². The largest absolute Gasteiger partial charge is 0.368 e. The summed E-state index contributed by atoms with van der Waals surface area (Å²) in [5.41, 5.74) is 4.07. The monoisotopic (exact) mass is 418 g/mol. The van der Waals surface area contributed by atoms with E-state index in [1.165, 1.54) is 17.4 Å². The van der Waals surface area contributed by atoms with Crippen molar-refractivity contribution in [2.24, 2.45) is 0 Å². The first-order chi connectivity index (χ1) is 14.6. The van der Waals surface area contributed by atoms with E-state index in [9.17, 15) is 4.79 Å². The molecule has 0 aliphatic carbocycles. The van der Waals surface area contributed by atoms with Crippen LogP contribution in [0.25, 0.3) is 11.3 Å². The molecule has 1 saturated heterocycles. The molecule has 1 atom stereocenters. The number of piperazine rings is 1. The van der Waals surface area contributed by atoms with Gasteiger partial charge in [0.1, 0.15) is 0 Å². The zero-order chi connectivity index (χ0) is 20.9. The number of anilines is 1. The molecule has 1 aliphatic heterocycles. The van der Waals surface area contributed by atoms with Gasteiger partial charge in [-0.1, -0.05) is 60.3 Å². The summed E-state index contributed by atoms with van der Waals surface area (Å²) in [4.78, 5) is 26.6. The molecule has 4 rings (SSSR count). The zero-order valence-corrected chi connectivity index (χ0v) is 18.2. The average molecular weight is 419 g/mol. The number of amides is 1. The van der Waals surface area contributed by atoms with Gasteiger partial charge in [-0.05, 0) is 32.0 Å². The summed E-state index contributed by atoms with van der Waals surface area (Å²) in [5, 5.41) is 0.427. The molecule has 154 valence electrons. The van der Waals surface area contributed by atoms with Gasteiger partial charge in [0.15, 0.2) is 5.16 Å². The van der Waals surface area contributed by atoms with Crippen molar-refractivity contribution in [1.82, 2.24) is 14.9 Å². The maximum absolute atomic E-state index is 13.0. The molecule has 1 aromatic heterocycles. The predicted molar refractivity (Wildman–Crippen MR) is 123 cm³/mol. The molecule has 1 aliphatic rings. The molecule has 0 bridgehead atoms. The van der Waals surface area contributed by atoms with Gasteiger partial charge in [-0.25, -0.2) is 9.97 Å². The molecule has 0 radical (unpaired) electrons. The Morgan fingerprint density at radius 1 is 0.933 bits per heavy atom. The van der Waals surface area contributed by atoms with Gasteiger partial charge < -0.3 is 9.80 Å². The van der Waals surface area contributed by atoms with Crippen molar-refractivity contribution in [3.8, 4) is 11.3 Å². The number of rotatable bonds is 5. The van der Waals surface area contributed by atoms with Crippen molar-refractivity contribution in [3.05, 3.63) is 72.4 Å². The fourth-order valence-electron chi connectivity index (χ4n) is 3.64. The van der Waals surface area contributed by atoms with E-state index in [2.05, 4.69) is 34.1 Å². The number of para-hydroxylation sites is 1. The van der Waals surface area contributed by atoms with Crippen LogP contribution in [0, 0.1) is 6.92 Å². The van der Waals surface area contributed by atoms with Crippen LogP contribution >= 0.6 is 11.8 Å². The van der Waals surface area contributed by atoms with E-state index in [0.717, 1.165) is 43.1 Å². The smallest absolute Gasteiger partial charge is 0.236 e. The number of nitrogens with zero attached hydrogens (tertiary/aromatic N) is 4. The lowest BCUT2D eigenvalue weighted by Crippen LogP contribution is -2.50. The number of benzene rings is 2. The fourth-order valence-corrected chi connectivity index (χ4v) is 4.55. The lowest BCUT2D eigenvalue weighted by molar-refractivity contribution is -0.130. The molecule has 0 spiro atoms. The highest BCUT2D eigenvalue weighted by Crippen LogP contribution is 2.26. The van der Waals surface area contributed by atoms with Crippen molar-refractivity contribution >= 4 is 23.4 Å². The van der Waals surface area contributed by atoms with Crippen LogP contribution in [-0.4, -0.2) is 52.2 Å². The first-order valence-electron chi connectivity index (χ1n) is 10.3. The van der Waals surface area contributed by atoms with Crippen molar-refractivity contribution in [3.63, 3.8) is 0 Å². The minimum absolute atomic E-state index is 0.152. The third-order valence-electron chi connectivity index (χ3n) is 5.25. The fraction of sp³-hybridized carbons (Fsp3) is 0.292. The standard InChI is InChI=1S/C24H26N4OS/c1-18-17-22(20-9-5-3-6-10-20)26-24(25-18)30-19(2)23(29)28-15-13-27(14-16-28)21-11-7-4-8-12-21/h3-12,17,19H,13-16H2,1-2H3. The van der Waals surface area contributed by atoms with E-state index in [1.807, 2.05) is 61.2 Å². The highest BCUT2D eigenvalue weighted by Gasteiger charge is 2.26. The summed E-state index contributed by atoms with van der Waals surface area (Å²) in [7, 11) is 0. The van der Waals surface area contributed by atoms with Gasteiger partial charge >= 0.3 is 0 Å². The molecular formula is C24H26N4OS. The molecular weight excluding hydrogens is 392 g/mol. The summed E-state index contributed by atoms with van der Waals surface area (Å²) >= 11 is 1.44. The van der Waals surface area contributed by atoms with E-state index in [-0.39, 0.29) is 11.2 Å². The predicted octanol–water partition coefficient (Wildman–Crippen LogP) is 4.28. The van der Waals surface area contributed by atoms with Crippen molar-refractivity contribution in [2.45, 2.75) is 24.3 Å². The van der Waals surface area contributed by atoms with Crippen LogP contribution < -0.4 is 4.90 Å². The van der Waals surface area contributed by atoms with E-state index >= 15 is 0 Å². The number of hydrogen-bond acceptors (Lipinski definition) is 5. The third kappa shape index (κ3) is 4.82. The summed E-state index contributed by atoms with van der Waals surface area (Å²) in [6, 6.07) is 22.4. The number of carbonyl (C=O) groups is 1. The molecule has 0 N–H and O–H groups in total. The van der Waals surface area contributed by atoms with Gasteiger partial charge in [-0.15, -0.1) is 0 Å². The number of thioether (sulfide) groups is 1. The zero-order valence-electron chi connectivity index (χ0n) is 17.4. The maximum atomic E-state index is 13.0. The molecule has 3 aromatic rings. The lowest BCUT2D eigenvalue weighted by Gasteiger charge is -2.37. The van der Waals surface area contributed by atoms with Crippen LogP contribution in [0.4, 0.5) is 5.69 Å². The molecule has 1 amide bonds. The van der Waals surface area contributed by atoms with Crippen LogP contribution in [0.15, 0.2) is 71.9 Å². The molecule has 5 nitrogen and oxygen atoms in total. The minimum Gasteiger partial charge on any atom is -0.368 e. The first-order valence-corrected chi connectivity index (χ1v) is 11.1. The second kappa shape index (κ2) is 9.30. The van der Waals surface area contributed by atoms with E-state index in [0.29, 0.717) is 5.16 Å². The lowest BCUT2D eigenvalue weighted by atomic mass is 10.1. The number of hydrogen-bond donors (Lipinski definition) is 0. The highest BCUT2D eigenvalue weighted by atomic mass is 32.2. The second-order valence-corrected chi connectivity index (χ2v) is 8.76. The molecule has 0 saturated carbocycles. The normalized spacial score (nSPS) is 15.1. The number of aryl methyl sites for hydroxylation is 1. The van der Waals surface area contributed by atoms with Gasteiger partial charge in [0.2, 0.25) is 5.91 Å². The Kier molecular flexibility index (Phi) is 6.33. The summed E-state index contributed by atoms with van der Waals surface area (Å²) in [6.45, 7) is 7.10. The van der Waals surface area contributed by atoms with E-state index in [1.54, 1.807) is 0 Å². The Labute approximate surface area is 182 Å². The summed E-state index contributed by atoms with van der Waals surface area (Å²) < 4.78 is 0. The van der Waals surface area contributed by atoms with Crippen LogP contribution in [0.2, 0.25) is 0 Å². The Hall–Kier alpha value is -2.86. The molecule has 2 aromatic carbocycles. The highest BCUT2D eigenvalue weighted by molar-refractivity contribution is 8.00. The van der Waals surface area contributed by atoms with Crippen LogP contribution in [0.3, 0.4) is 0 Å². The van der Waals surface area contributed by atoms with E-state index in [4.69, 9.17) is 4.98 Å². The molecule has 6 heteroatoms. The van der Waals surface area contributed by atoms with Gasteiger partial charge in [0.05, 0.1) is 10.9 Å². The topological polar surface area (TPSA) is 49.3 Å². The Bertz CT molecular complexity index is 989. The maximum Gasteiger partial charge on any atom is 0.236 e. The molecule has 2 heterocycles. The van der Waals surface area contributed by atoms with Crippen molar-refractivity contribution in [1.29, 1.82) is 0 Å². The van der Waals surface area contributed by atoms with Crippen LogP contribution in [0.1, 0.15) is 12.6 Å². The summed E-state index contributed by atoms with van der Waals surface area (Å²) in [5.74, 6) is 0.152. The Morgan fingerprint density at radius 2 is 1.57 bits per heavy atom. The van der Waals surface area contributed by atoms with Crippen LogP contribution in [-0.2, 0) is 4.79 Å². The van der Waals surface area contributed by atoms with Crippen molar-refractivity contribution in [2.75, 3.05) is 31.1 Å². The van der Waals surface area contributed by atoms with Gasteiger partial charge in [0, 0.05) is 43.1 Å². The van der Waals surface area contributed by atoms with Gasteiger partial charge in [-0.2, -0.15) is 0 Å². The molecule has 1 unspecified atom stereocenters. The Morgan fingerprint density at radius 3 is 2.23 bits per heavy atom. The van der Waals surface area contributed by atoms with E-state index < -0.39 is 0 Å². The van der Waals surface area contributed by atoms with Gasteiger partial charge in [0.25, 0.3) is 0 Å². The average Bonchev–Trinajstić information content (AvgIpc) is 2.79. The second-order valence-electron chi connectivity index (χ2n) is 7.45. The minimum atomic E-state index is -0.223. The quantitative estimate of drug-likeness (QED) is 0.457. The Balaban J connectivity index is 1.39.